The van der Waals surface area contributed by atoms with Crippen molar-refractivity contribution in [2.24, 2.45) is 0 Å². The van der Waals surface area contributed by atoms with E-state index in [4.69, 9.17) is 10.5 Å². The number of anilines is 2. The van der Waals surface area contributed by atoms with Gasteiger partial charge in [-0.25, -0.2) is 15.0 Å². The van der Waals surface area contributed by atoms with Gasteiger partial charge in [0.1, 0.15) is 23.3 Å². The molecule has 7 heteroatoms. The third kappa shape index (κ3) is 3.64. The van der Waals surface area contributed by atoms with Crippen molar-refractivity contribution in [3.05, 3.63) is 28.5 Å². The molecule has 18 heavy (non-hydrogen) atoms. The zero-order valence-electron chi connectivity index (χ0n) is 10.1. The van der Waals surface area contributed by atoms with Crippen LogP contribution in [0.25, 0.3) is 0 Å². The van der Waals surface area contributed by atoms with E-state index < -0.39 is 0 Å². The monoisotopic (exact) mass is 265 g/mol. The van der Waals surface area contributed by atoms with Crippen LogP contribution >= 0.6 is 11.3 Å². The van der Waals surface area contributed by atoms with Crippen LogP contribution in [0.3, 0.4) is 0 Å². The van der Waals surface area contributed by atoms with Crippen LogP contribution in [0.2, 0.25) is 0 Å². The number of ether oxygens (including phenoxy) is 1. The normalized spacial score (nSPS) is 10.5. The maximum absolute atomic E-state index is 5.72. The van der Waals surface area contributed by atoms with Crippen molar-refractivity contribution >= 4 is 23.0 Å². The Morgan fingerprint density at radius 3 is 3.06 bits per heavy atom. The molecular weight excluding hydrogens is 250 g/mol. The van der Waals surface area contributed by atoms with Gasteiger partial charge in [-0.05, 0) is 6.92 Å². The number of nitrogens with zero attached hydrogens (tertiary/aromatic N) is 3. The van der Waals surface area contributed by atoms with Crippen molar-refractivity contribution in [1.82, 2.24) is 15.0 Å². The van der Waals surface area contributed by atoms with E-state index >= 15 is 0 Å². The summed E-state index contributed by atoms with van der Waals surface area (Å²) >= 11 is 1.59. The fraction of sp³-hybridized carbons (Fsp3) is 0.364. The summed E-state index contributed by atoms with van der Waals surface area (Å²) in [6, 6.07) is 1.70. The van der Waals surface area contributed by atoms with Crippen molar-refractivity contribution in [3.8, 4) is 0 Å². The molecule has 0 aromatic carbocycles. The van der Waals surface area contributed by atoms with Crippen LogP contribution in [-0.2, 0) is 17.9 Å². The predicted octanol–water partition coefficient (Wildman–Crippen LogP) is 1.66. The zero-order valence-corrected chi connectivity index (χ0v) is 10.9. The lowest BCUT2D eigenvalue weighted by Gasteiger charge is -2.07. The van der Waals surface area contributed by atoms with Crippen LogP contribution in [0.1, 0.15) is 17.8 Å². The van der Waals surface area contributed by atoms with E-state index in [-0.39, 0.29) is 0 Å². The van der Waals surface area contributed by atoms with Gasteiger partial charge >= 0.3 is 0 Å². The first-order valence-electron chi connectivity index (χ1n) is 5.61. The predicted molar refractivity (Wildman–Crippen MR) is 71.2 cm³/mol. The Bertz CT molecular complexity index is 488. The second kappa shape index (κ2) is 6.27. The molecule has 0 bridgehead atoms. The number of rotatable bonds is 6. The minimum Gasteiger partial charge on any atom is -0.384 e. The minimum absolute atomic E-state index is 0.369. The Balaban J connectivity index is 2.00. The lowest BCUT2D eigenvalue weighted by atomic mass is 10.4. The molecular formula is C11H15N5OS. The fourth-order valence-electron chi connectivity index (χ4n) is 1.37. The first kappa shape index (κ1) is 12.7. The Morgan fingerprint density at radius 2 is 2.33 bits per heavy atom. The average Bonchev–Trinajstić information content (AvgIpc) is 2.86. The molecule has 0 aliphatic rings. The highest BCUT2D eigenvalue weighted by Crippen LogP contribution is 2.12. The molecule has 0 saturated carbocycles. The zero-order chi connectivity index (χ0) is 12.8. The van der Waals surface area contributed by atoms with Gasteiger partial charge < -0.3 is 15.8 Å². The van der Waals surface area contributed by atoms with Crippen LogP contribution in [0.15, 0.2) is 17.6 Å². The van der Waals surface area contributed by atoms with Gasteiger partial charge in [-0.2, -0.15) is 0 Å². The van der Waals surface area contributed by atoms with E-state index in [0.717, 1.165) is 5.01 Å². The summed E-state index contributed by atoms with van der Waals surface area (Å²) in [6.07, 6.45) is 1.77. The summed E-state index contributed by atoms with van der Waals surface area (Å²) in [7, 11) is 0. The van der Waals surface area contributed by atoms with Crippen molar-refractivity contribution in [2.45, 2.75) is 20.1 Å². The van der Waals surface area contributed by atoms with E-state index in [1.54, 1.807) is 23.6 Å². The Hall–Kier alpha value is -1.73. The van der Waals surface area contributed by atoms with Crippen molar-refractivity contribution in [1.29, 1.82) is 0 Å². The highest BCUT2D eigenvalue weighted by molar-refractivity contribution is 7.09. The molecule has 2 rings (SSSR count). The standard InChI is InChI=1S/C11H15N5OS/c1-2-17-7-10-15-8(12)5-9(16-10)14-6-11-13-3-4-18-11/h3-5H,2,6-7H2,1H3,(H3,12,14,15,16). The van der Waals surface area contributed by atoms with Gasteiger partial charge in [-0.15, -0.1) is 11.3 Å². The molecule has 2 aromatic heterocycles. The molecule has 0 spiro atoms. The Kier molecular flexibility index (Phi) is 4.43. The summed E-state index contributed by atoms with van der Waals surface area (Å²) in [4.78, 5) is 12.6. The van der Waals surface area contributed by atoms with E-state index in [9.17, 15) is 0 Å². The molecule has 0 radical (unpaired) electrons. The van der Waals surface area contributed by atoms with Gasteiger partial charge in [0.25, 0.3) is 0 Å². The van der Waals surface area contributed by atoms with Gasteiger partial charge in [0.15, 0.2) is 5.82 Å². The number of nitrogens with one attached hydrogen (secondary N) is 1. The molecule has 0 aliphatic carbocycles. The number of nitrogen functional groups attached to an aromatic ring is 1. The van der Waals surface area contributed by atoms with Crippen LogP contribution in [-0.4, -0.2) is 21.6 Å². The highest BCUT2D eigenvalue weighted by atomic mass is 32.1. The first-order chi connectivity index (χ1) is 8.78. The topological polar surface area (TPSA) is 86.0 Å². The van der Waals surface area contributed by atoms with Gasteiger partial charge in [0, 0.05) is 24.3 Å². The van der Waals surface area contributed by atoms with Gasteiger partial charge in [0.2, 0.25) is 0 Å². The molecule has 3 N–H and O–H groups in total. The smallest absolute Gasteiger partial charge is 0.158 e. The molecule has 96 valence electrons. The molecule has 0 aliphatic heterocycles. The fourth-order valence-corrected chi connectivity index (χ4v) is 1.93. The summed E-state index contributed by atoms with van der Waals surface area (Å²) in [5, 5.41) is 6.10. The van der Waals surface area contributed by atoms with Crippen LogP contribution in [0, 0.1) is 0 Å². The quantitative estimate of drug-likeness (QED) is 0.826. The molecule has 2 aromatic rings. The second-order valence-electron chi connectivity index (χ2n) is 3.51. The summed E-state index contributed by atoms with van der Waals surface area (Å²) in [5.41, 5.74) is 5.72. The second-order valence-corrected chi connectivity index (χ2v) is 4.49. The van der Waals surface area contributed by atoms with Crippen molar-refractivity contribution in [2.75, 3.05) is 17.7 Å². The van der Waals surface area contributed by atoms with Crippen LogP contribution in [0.5, 0.6) is 0 Å². The number of nitrogens with two attached hydrogens (primary N) is 1. The highest BCUT2D eigenvalue weighted by Gasteiger charge is 2.03. The number of hydrogen-bond donors (Lipinski definition) is 2. The number of aromatic nitrogens is 3. The number of thiazole rings is 1. The molecule has 0 unspecified atom stereocenters. The van der Waals surface area contributed by atoms with E-state index in [0.29, 0.717) is 37.2 Å². The Morgan fingerprint density at radius 1 is 1.44 bits per heavy atom. The molecule has 0 fully saturated rings. The summed E-state index contributed by atoms with van der Waals surface area (Å²) in [6.45, 7) is 3.55. The van der Waals surface area contributed by atoms with Crippen molar-refractivity contribution in [3.63, 3.8) is 0 Å². The maximum atomic E-state index is 5.72. The third-order valence-corrected chi connectivity index (χ3v) is 2.91. The molecule has 0 saturated heterocycles. The van der Waals surface area contributed by atoms with Crippen LogP contribution in [0.4, 0.5) is 11.6 Å². The largest absolute Gasteiger partial charge is 0.384 e. The van der Waals surface area contributed by atoms with Crippen molar-refractivity contribution < 1.29 is 4.74 Å². The molecule has 2 heterocycles. The lowest BCUT2D eigenvalue weighted by molar-refractivity contribution is 0.128. The van der Waals surface area contributed by atoms with E-state index in [2.05, 4.69) is 20.3 Å². The average molecular weight is 265 g/mol. The van der Waals surface area contributed by atoms with E-state index in [1.165, 1.54) is 0 Å². The molecule has 0 amide bonds. The lowest BCUT2D eigenvalue weighted by Crippen LogP contribution is -2.07. The van der Waals surface area contributed by atoms with E-state index in [1.807, 2.05) is 12.3 Å². The Labute approximate surface area is 109 Å². The summed E-state index contributed by atoms with van der Waals surface area (Å²) in [5.74, 6) is 1.70. The first-order valence-corrected chi connectivity index (χ1v) is 6.49. The SMILES string of the molecule is CCOCc1nc(N)cc(NCc2nccs2)n1. The summed E-state index contributed by atoms with van der Waals surface area (Å²) < 4.78 is 5.26. The van der Waals surface area contributed by atoms with Gasteiger partial charge in [0.05, 0.1) is 6.54 Å². The molecule has 0 atom stereocenters. The van der Waals surface area contributed by atoms with Gasteiger partial charge in [-0.3, -0.25) is 0 Å². The van der Waals surface area contributed by atoms with Crippen LogP contribution < -0.4 is 11.1 Å². The third-order valence-electron chi connectivity index (χ3n) is 2.13. The molecule has 6 nitrogen and oxygen atoms in total. The van der Waals surface area contributed by atoms with Gasteiger partial charge in [-0.1, -0.05) is 0 Å². The maximum Gasteiger partial charge on any atom is 0.158 e. The number of hydrogen-bond acceptors (Lipinski definition) is 7. The minimum atomic E-state index is 0.369.